The number of benzene rings is 2. The lowest BCUT2D eigenvalue weighted by atomic mass is 10.0. The van der Waals surface area contributed by atoms with E-state index in [2.05, 4.69) is 29.2 Å². The van der Waals surface area contributed by atoms with Gasteiger partial charge in [0.25, 0.3) is 0 Å². The second-order valence-electron chi connectivity index (χ2n) is 6.53. The van der Waals surface area contributed by atoms with Gasteiger partial charge >= 0.3 is 0 Å². The fourth-order valence-corrected chi connectivity index (χ4v) is 3.45. The van der Waals surface area contributed by atoms with Crippen LogP contribution in [0.15, 0.2) is 42.5 Å². The molecule has 2 aliphatic rings. The minimum atomic E-state index is -0.514. The zero-order valence-electron chi connectivity index (χ0n) is 14.2. The Labute approximate surface area is 147 Å². The van der Waals surface area contributed by atoms with Gasteiger partial charge in [0.15, 0.2) is 11.5 Å². The molecule has 0 aromatic heterocycles. The molecule has 0 saturated carbocycles. The summed E-state index contributed by atoms with van der Waals surface area (Å²) in [5, 5.41) is 10.3. The summed E-state index contributed by atoms with van der Waals surface area (Å²) in [6.45, 7) is 2.61. The van der Waals surface area contributed by atoms with Crippen molar-refractivity contribution in [2.24, 2.45) is 0 Å². The van der Waals surface area contributed by atoms with Crippen molar-refractivity contribution in [2.45, 2.75) is 25.6 Å². The summed E-state index contributed by atoms with van der Waals surface area (Å²) in [5.74, 6) is 1.53. The van der Waals surface area contributed by atoms with Crippen LogP contribution in [0.1, 0.15) is 17.5 Å². The minimum Gasteiger partial charge on any atom is -0.454 e. The van der Waals surface area contributed by atoms with Crippen molar-refractivity contribution in [3.8, 4) is 11.5 Å². The van der Waals surface area contributed by atoms with E-state index < -0.39 is 6.10 Å². The smallest absolute Gasteiger partial charge is 0.231 e. The molecule has 4 rings (SSSR count). The lowest BCUT2D eigenvalue weighted by molar-refractivity contribution is 0.0318. The summed E-state index contributed by atoms with van der Waals surface area (Å²) in [4.78, 5) is 2.26. The zero-order valence-corrected chi connectivity index (χ0v) is 14.2. The molecule has 0 saturated heterocycles. The van der Waals surface area contributed by atoms with Crippen LogP contribution in [-0.2, 0) is 17.8 Å². The number of aliphatic hydroxyl groups excluding tert-OH is 1. The third-order valence-corrected chi connectivity index (χ3v) is 4.65. The highest BCUT2D eigenvalue weighted by Gasteiger charge is 2.19. The van der Waals surface area contributed by atoms with Crippen molar-refractivity contribution in [1.29, 1.82) is 0 Å². The molecule has 2 aromatic carbocycles. The van der Waals surface area contributed by atoms with E-state index in [9.17, 15) is 5.11 Å². The number of fused-ring (bicyclic) bond motifs is 2. The van der Waals surface area contributed by atoms with Crippen molar-refractivity contribution < 1.29 is 19.3 Å². The first-order valence-electron chi connectivity index (χ1n) is 8.77. The summed E-state index contributed by atoms with van der Waals surface area (Å²) in [6, 6.07) is 14.2. The first kappa shape index (κ1) is 16.2. The van der Waals surface area contributed by atoms with Crippen LogP contribution in [0.5, 0.6) is 11.5 Å². The highest BCUT2D eigenvalue weighted by molar-refractivity contribution is 5.55. The monoisotopic (exact) mass is 341 g/mol. The second kappa shape index (κ2) is 7.33. The van der Waals surface area contributed by atoms with Crippen LogP contribution in [0.2, 0.25) is 0 Å². The van der Waals surface area contributed by atoms with Gasteiger partial charge in [0.1, 0.15) is 0 Å². The van der Waals surface area contributed by atoms with Gasteiger partial charge in [-0.15, -0.1) is 0 Å². The number of para-hydroxylation sites is 1. The van der Waals surface area contributed by atoms with E-state index in [1.165, 1.54) is 11.3 Å². The maximum Gasteiger partial charge on any atom is 0.231 e. The average molecular weight is 341 g/mol. The van der Waals surface area contributed by atoms with Crippen molar-refractivity contribution >= 4 is 5.69 Å². The highest BCUT2D eigenvalue weighted by atomic mass is 16.7. The van der Waals surface area contributed by atoms with Gasteiger partial charge in [-0.1, -0.05) is 24.3 Å². The number of anilines is 1. The largest absolute Gasteiger partial charge is 0.454 e. The fourth-order valence-electron chi connectivity index (χ4n) is 3.45. The van der Waals surface area contributed by atoms with E-state index in [1.807, 2.05) is 18.2 Å². The Kier molecular flexibility index (Phi) is 4.76. The van der Waals surface area contributed by atoms with Gasteiger partial charge in [0, 0.05) is 18.8 Å². The summed E-state index contributed by atoms with van der Waals surface area (Å²) in [5.41, 5.74) is 3.62. The molecular weight excluding hydrogens is 318 g/mol. The van der Waals surface area contributed by atoms with E-state index in [4.69, 9.17) is 14.2 Å². The van der Waals surface area contributed by atoms with Gasteiger partial charge in [-0.3, -0.25) is 0 Å². The summed E-state index contributed by atoms with van der Waals surface area (Å²) >= 11 is 0. The number of hydrogen-bond donors (Lipinski definition) is 1. The SMILES string of the molecule is O[C@@H](COCc1ccc2c(c1)OCO2)CN1CCCc2ccccc21. The number of β-amino-alcohol motifs (C(OH)–C–C–N with tert-alkyl or cyclic N) is 1. The maximum absolute atomic E-state index is 10.3. The van der Waals surface area contributed by atoms with Crippen molar-refractivity contribution in [1.82, 2.24) is 0 Å². The predicted molar refractivity (Wildman–Crippen MR) is 95.2 cm³/mol. The summed E-state index contributed by atoms with van der Waals surface area (Å²) in [7, 11) is 0. The van der Waals surface area contributed by atoms with Crippen molar-refractivity contribution in [2.75, 3.05) is 31.4 Å². The molecule has 5 heteroatoms. The molecule has 2 aliphatic heterocycles. The molecule has 0 aliphatic carbocycles. The van der Waals surface area contributed by atoms with Crippen molar-refractivity contribution in [3.63, 3.8) is 0 Å². The molecule has 2 heterocycles. The third-order valence-electron chi connectivity index (χ3n) is 4.65. The predicted octanol–water partition coefficient (Wildman–Crippen LogP) is 2.75. The van der Waals surface area contributed by atoms with Gasteiger partial charge in [-0.2, -0.15) is 0 Å². The normalized spacial score (nSPS) is 16.6. The Morgan fingerprint density at radius 2 is 2.00 bits per heavy atom. The molecule has 0 fully saturated rings. The Hall–Kier alpha value is -2.24. The lowest BCUT2D eigenvalue weighted by Crippen LogP contribution is -2.38. The Morgan fingerprint density at radius 3 is 2.96 bits per heavy atom. The van der Waals surface area contributed by atoms with Gasteiger partial charge in [0.05, 0.1) is 19.3 Å². The molecule has 1 atom stereocenters. The van der Waals surface area contributed by atoms with Gasteiger partial charge in [-0.05, 0) is 42.2 Å². The van der Waals surface area contributed by atoms with E-state index >= 15 is 0 Å². The van der Waals surface area contributed by atoms with Gasteiger partial charge < -0.3 is 24.2 Å². The van der Waals surface area contributed by atoms with Gasteiger partial charge in [-0.25, -0.2) is 0 Å². The number of rotatable bonds is 6. The molecule has 5 nitrogen and oxygen atoms in total. The summed E-state index contributed by atoms with van der Waals surface area (Å²) < 4.78 is 16.4. The molecule has 0 bridgehead atoms. The number of ether oxygens (including phenoxy) is 3. The third kappa shape index (κ3) is 3.72. The van der Waals surface area contributed by atoms with Crippen LogP contribution in [0, 0.1) is 0 Å². The molecule has 0 amide bonds. The molecule has 132 valence electrons. The van der Waals surface area contributed by atoms with E-state index in [0.717, 1.165) is 36.4 Å². The Balaban J connectivity index is 1.28. The van der Waals surface area contributed by atoms with Crippen molar-refractivity contribution in [3.05, 3.63) is 53.6 Å². The number of aliphatic hydroxyl groups is 1. The maximum atomic E-state index is 10.3. The topological polar surface area (TPSA) is 51.2 Å². The second-order valence-corrected chi connectivity index (χ2v) is 6.53. The lowest BCUT2D eigenvalue weighted by Gasteiger charge is -2.32. The number of hydrogen-bond acceptors (Lipinski definition) is 5. The Bertz CT molecular complexity index is 733. The van der Waals surface area contributed by atoms with E-state index in [1.54, 1.807) is 0 Å². The zero-order chi connectivity index (χ0) is 17.1. The van der Waals surface area contributed by atoms with Crippen LogP contribution in [-0.4, -0.2) is 37.7 Å². The first-order chi connectivity index (χ1) is 12.3. The molecular formula is C20H23NO4. The molecule has 2 aromatic rings. The van der Waals surface area contributed by atoms with Crippen LogP contribution in [0.25, 0.3) is 0 Å². The number of nitrogens with zero attached hydrogens (tertiary/aromatic N) is 1. The summed E-state index contributed by atoms with van der Waals surface area (Å²) in [6.07, 6.45) is 1.73. The molecule has 25 heavy (non-hydrogen) atoms. The van der Waals surface area contributed by atoms with Crippen LogP contribution in [0.4, 0.5) is 5.69 Å². The molecule has 0 spiro atoms. The van der Waals surface area contributed by atoms with E-state index in [0.29, 0.717) is 19.8 Å². The van der Waals surface area contributed by atoms with Crippen LogP contribution in [0.3, 0.4) is 0 Å². The molecule has 1 N–H and O–H groups in total. The highest BCUT2D eigenvalue weighted by Crippen LogP contribution is 2.32. The quantitative estimate of drug-likeness (QED) is 0.876. The van der Waals surface area contributed by atoms with Crippen LogP contribution < -0.4 is 14.4 Å². The Morgan fingerprint density at radius 1 is 1.12 bits per heavy atom. The minimum absolute atomic E-state index is 0.273. The standard InChI is InChI=1S/C20H23NO4/c22-17(11-21-9-3-5-16-4-1-2-6-18(16)21)13-23-12-15-7-8-19-20(10-15)25-14-24-19/h1-2,4,6-8,10,17,22H,3,5,9,11-14H2/t17-/m1/s1. The average Bonchev–Trinajstić information content (AvgIpc) is 3.10. The molecule has 0 unspecified atom stereocenters. The molecule has 0 radical (unpaired) electrons. The first-order valence-corrected chi connectivity index (χ1v) is 8.77. The fraction of sp³-hybridized carbons (Fsp3) is 0.400. The van der Waals surface area contributed by atoms with E-state index in [-0.39, 0.29) is 6.79 Å². The van der Waals surface area contributed by atoms with Gasteiger partial charge in [0.2, 0.25) is 6.79 Å². The van der Waals surface area contributed by atoms with Crippen LogP contribution >= 0.6 is 0 Å². The number of aryl methyl sites for hydroxylation is 1.